The number of hydrogen-bond acceptors (Lipinski definition) is 3. The molecule has 0 aromatic heterocycles. The van der Waals surface area contributed by atoms with Gasteiger partial charge in [-0.3, -0.25) is 10.1 Å². The first-order valence-electron chi connectivity index (χ1n) is 7.20. The maximum absolute atomic E-state index is 12.5. The average Bonchev–Trinajstić information content (AvgIpc) is 2.78. The van der Waals surface area contributed by atoms with E-state index in [-0.39, 0.29) is 18.0 Å². The van der Waals surface area contributed by atoms with Crippen molar-refractivity contribution in [1.82, 2.24) is 10.2 Å². The summed E-state index contributed by atoms with van der Waals surface area (Å²) in [5, 5.41) is 3.32. The molecule has 0 bridgehead atoms. The molecule has 20 heavy (non-hydrogen) atoms. The van der Waals surface area contributed by atoms with Gasteiger partial charge in [-0.25, -0.2) is 0 Å². The van der Waals surface area contributed by atoms with Crippen LogP contribution < -0.4 is 5.32 Å². The van der Waals surface area contributed by atoms with Crippen LogP contribution in [-0.2, 0) is 16.0 Å². The predicted octanol–water partition coefficient (Wildman–Crippen LogP) is 1.66. The normalized spacial score (nSPS) is 20.7. The van der Waals surface area contributed by atoms with E-state index in [1.54, 1.807) is 7.11 Å². The van der Waals surface area contributed by atoms with Gasteiger partial charge in [0.05, 0.1) is 25.4 Å². The Morgan fingerprint density at radius 2 is 2.05 bits per heavy atom. The molecule has 0 spiro atoms. The van der Waals surface area contributed by atoms with Crippen LogP contribution in [0.2, 0.25) is 0 Å². The SMILES string of the molecule is COCC(C(C)C)N1CNC(Cc2ccccc2)C1=O. The Bertz CT molecular complexity index is 433. The van der Waals surface area contributed by atoms with E-state index in [2.05, 4.69) is 31.3 Å². The van der Waals surface area contributed by atoms with Crippen molar-refractivity contribution in [2.75, 3.05) is 20.4 Å². The number of ether oxygens (including phenoxy) is 1. The predicted molar refractivity (Wildman–Crippen MR) is 79.3 cm³/mol. The highest BCUT2D eigenvalue weighted by Crippen LogP contribution is 2.18. The van der Waals surface area contributed by atoms with Crippen LogP contribution in [0.1, 0.15) is 19.4 Å². The van der Waals surface area contributed by atoms with E-state index >= 15 is 0 Å². The molecule has 4 nitrogen and oxygen atoms in total. The number of carbonyl (C=O) groups is 1. The zero-order valence-electron chi connectivity index (χ0n) is 12.5. The first-order valence-corrected chi connectivity index (χ1v) is 7.20. The van der Waals surface area contributed by atoms with E-state index in [1.807, 2.05) is 23.1 Å². The third-order valence-electron chi connectivity index (χ3n) is 3.88. The van der Waals surface area contributed by atoms with Crippen LogP contribution >= 0.6 is 0 Å². The van der Waals surface area contributed by atoms with Gasteiger partial charge in [0.25, 0.3) is 0 Å². The third-order valence-corrected chi connectivity index (χ3v) is 3.88. The number of rotatable bonds is 6. The second-order valence-corrected chi connectivity index (χ2v) is 5.68. The minimum absolute atomic E-state index is 0.115. The molecule has 0 saturated carbocycles. The summed E-state index contributed by atoms with van der Waals surface area (Å²) < 4.78 is 5.26. The van der Waals surface area contributed by atoms with Crippen LogP contribution in [0.4, 0.5) is 0 Å². The van der Waals surface area contributed by atoms with Gasteiger partial charge in [-0.15, -0.1) is 0 Å². The third kappa shape index (κ3) is 3.38. The van der Waals surface area contributed by atoms with Gasteiger partial charge >= 0.3 is 0 Å². The fourth-order valence-electron chi connectivity index (χ4n) is 2.68. The number of amides is 1. The Labute approximate surface area is 121 Å². The Morgan fingerprint density at radius 3 is 2.65 bits per heavy atom. The average molecular weight is 276 g/mol. The highest BCUT2D eigenvalue weighted by Gasteiger charge is 2.36. The summed E-state index contributed by atoms with van der Waals surface area (Å²) in [7, 11) is 1.69. The van der Waals surface area contributed by atoms with E-state index in [4.69, 9.17) is 4.74 Å². The smallest absolute Gasteiger partial charge is 0.241 e. The number of nitrogens with zero attached hydrogens (tertiary/aromatic N) is 1. The van der Waals surface area contributed by atoms with Crippen molar-refractivity contribution in [2.24, 2.45) is 5.92 Å². The van der Waals surface area contributed by atoms with E-state index in [0.717, 1.165) is 6.42 Å². The lowest BCUT2D eigenvalue weighted by atomic mass is 10.0. The van der Waals surface area contributed by atoms with Gasteiger partial charge in [-0.1, -0.05) is 44.2 Å². The number of hydrogen-bond donors (Lipinski definition) is 1. The monoisotopic (exact) mass is 276 g/mol. The van der Waals surface area contributed by atoms with Crippen molar-refractivity contribution in [3.8, 4) is 0 Å². The number of nitrogens with one attached hydrogen (secondary N) is 1. The Morgan fingerprint density at radius 1 is 1.35 bits per heavy atom. The second kappa shape index (κ2) is 6.86. The standard InChI is InChI=1S/C16H24N2O2/c1-12(2)15(10-20-3)18-11-17-14(16(18)19)9-13-7-5-4-6-8-13/h4-8,12,14-15,17H,9-11H2,1-3H3. The molecule has 1 aliphatic heterocycles. The molecule has 2 rings (SSSR count). The molecular weight excluding hydrogens is 252 g/mol. The van der Waals surface area contributed by atoms with Crippen molar-refractivity contribution < 1.29 is 9.53 Å². The summed E-state index contributed by atoms with van der Waals surface area (Å²) in [5.41, 5.74) is 1.19. The van der Waals surface area contributed by atoms with E-state index in [1.165, 1.54) is 5.56 Å². The minimum atomic E-state index is -0.115. The summed E-state index contributed by atoms with van der Waals surface area (Å²) in [6.07, 6.45) is 0.744. The van der Waals surface area contributed by atoms with Crippen molar-refractivity contribution in [2.45, 2.75) is 32.4 Å². The molecule has 1 aromatic carbocycles. The van der Waals surface area contributed by atoms with Gasteiger partial charge in [0.2, 0.25) is 5.91 Å². The number of benzene rings is 1. The molecule has 1 aromatic rings. The van der Waals surface area contributed by atoms with Crippen molar-refractivity contribution >= 4 is 5.91 Å². The molecular formula is C16H24N2O2. The molecule has 1 saturated heterocycles. The largest absolute Gasteiger partial charge is 0.383 e. The molecule has 2 unspecified atom stereocenters. The maximum Gasteiger partial charge on any atom is 0.241 e. The summed E-state index contributed by atoms with van der Waals surface area (Å²) >= 11 is 0. The van der Waals surface area contributed by atoms with Gasteiger partial charge in [0.1, 0.15) is 0 Å². The van der Waals surface area contributed by atoms with Crippen LogP contribution in [-0.4, -0.2) is 43.3 Å². The molecule has 1 aliphatic rings. The number of methoxy groups -OCH3 is 1. The molecule has 110 valence electrons. The van der Waals surface area contributed by atoms with E-state index < -0.39 is 0 Å². The maximum atomic E-state index is 12.5. The Kier molecular flexibility index (Phi) is 5.15. The Balaban J connectivity index is 2.01. The lowest BCUT2D eigenvalue weighted by Gasteiger charge is -2.30. The molecule has 0 radical (unpaired) electrons. The number of carbonyl (C=O) groups excluding carboxylic acids is 1. The van der Waals surface area contributed by atoms with Crippen LogP contribution in [0.25, 0.3) is 0 Å². The zero-order chi connectivity index (χ0) is 14.5. The van der Waals surface area contributed by atoms with Crippen LogP contribution in [0.15, 0.2) is 30.3 Å². The lowest BCUT2D eigenvalue weighted by Crippen LogP contribution is -2.44. The minimum Gasteiger partial charge on any atom is -0.383 e. The Hall–Kier alpha value is -1.39. The zero-order valence-corrected chi connectivity index (χ0v) is 12.5. The first-order chi connectivity index (χ1) is 9.63. The topological polar surface area (TPSA) is 41.6 Å². The van der Waals surface area contributed by atoms with Crippen LogP contribution in [0, 0.1) is 5.92 Å². The van der Waals surface area contributed by atoms with Gasteiger partial charge in [0, 0.05) is 7.11 Å². The summed E-state index contributed by atoms with van der Waals surface area (Å²) in [4.78, 5) is 14.5. The van der Waals surface area contributed by atoms with Crippen LogP contribution in [0.3, 0.4) is 0 Å². The lowest BCUT2D eigenvalue weighted by molar-refractivity contribution is -0.132. The van der Waals surface area contributed by atoms with Crippen molar-refractivity contribution in [1.29, 1.82) is 0 Å². The van der Waals surface area contributed by atoms with Crippen LogP contribution in [0.5, 0.6) is 0 Å². The molecule has 2 atom stereocenters. The molecule has 1 amide bonds. The van der Waals surface area contributed by atoms with Crippen molar-refractivity contribution in [3.05, 3.63) is 35.9 Å². The van der Waals surface area contributed by atoms with Crippen molar-refractivity contribution in [3.63, 3.8) is 0 Å². The molecule has 1 N–H and O–H groups in total. The van der Waals surface area contributed by atoms with Gasteiger partial charge in [0.15, 0.2) is 0 Å². The molecule has 1 fully saturated rings. The molecule has 1 heterocycles. The first kappa shape index (κ1) is 15.0. The highest BCUT2D eigenvalue weighted by molar-refractivity contribution is 5.84. The summed E-state index contributed by atoms with van der Waals surface area (Å²) in [6, 6.07) is 10.2. The molecule has 4 heteroatoms. The quantitative estimate of drug-likeness (QED) is 0.859. The van der Waals surface area contributed by atoms with Gasteiger partial charge in [-0.2, -0.15) is 0 Å². The van der Waals surface area contributed by atoms with E-state index in [0.29, 0.717) is 19.2 Å². The van der Waals surface area contributed by atoms with E-state index in [9.17, 15) is 4.79 Å². The molecule has 0 aliphatic carbocycles. The fraction of sp³-hybridized carbons (Fsp3) is 0.562. The summed E-state index contributed by atoms with van der Waals surface area (Å²) in [5.74, 6) is 0.570. The van der Waals surface area contributed by atoms with Gasteiger partial charge < -0.3 is 9.64 Å². The van der Waals surface area contributed by atoms with Gasteiger partial charge in [-0.05, 0) is 17.9 Å². The highest BCUT2D eigenvalue weighted by atomic mass is 16.5. The second-order valence-electron chi connectivity index (χ2n) is 5.68. The fourth-order valence-corrected chi connectivity index (χ4v) is 2.68. The summed E-state index contributed by atoms with van der Waals surface area (Å²) in [6.45, 7) is 5.45.